The average Bonchev–Trinajstić information content (AvgIpc) is 2.62. The summed E-state index contributed by atoms with van der Waals surface area (Å²) in [6.07, 6.45) is 4.58. The van der Waals surface area contributed by atoms with E-state index in [1.165, 1.54) is 0 Å². The minimum Gasteiger partial charge on any atom is -0.487 e. The smallest absolute Gasteiger partial charge is 0.256 e. The normalized spacial score (nSPS) is 14.4. The zero-order valence-electron chi connectivity index (χ0n) is 17.3. The van der Waals surface area contributed by atoms with Crippen LogP contribution < -0.4 is 10.1 Å². The van der Waals surface area contributed by atoms with Crippen molar-refractivity contribution in [2.45, 2.75) is 71.5 Å². The summed E-state index contributed by atoms with van der Waals surface area (Å²) < 4.78 is 16.7. The Bertz CT molecular complexity index is 581. The number of anilines is 1. The van der Waals surface area contributed by atoms with Crippen LogP contribution in [0.2, 0.25) is 5.02 Å². The number of rotatable bonds is 13. The molecule has 27 heavy (non-hydrogen) atoms. The summed E-state index contributed by atoms with van der Waals surface area (Å²) >= 11 is 6.31. The Morgan fingerprint density at radius 1 is 1.26 bits per heavy atom. The van der Waals surface area contributed by atoms with Crippen molar-refractivity contribution >= 4 is 23.2 Å². The van der Waals surface area contributed by atoms with Gasteiger partial charge in [-0.2, -0.15) is 0 Å². The van der Waals surface area contributed by atoms with Crippen LogP contribution in [0.3, 0.4) is 0 Å². The Balaban J connectivity index is 2.80. The molecule has 0 aliphatic rings. The lowest BCUT2D eigenvalue weighted by atomic mass is 9.96. The Labute approximate surface area is 168 Å². The van der Waals surface area contributed by atoms with Gasteiger partial charge in [0.1, 0.15) is 17.5 Å². The lowest BCUT2D eigenvalue weighted by molar-refractivity contribution is -0.140. The van der Waals surface area contributed by atoms with Crippen molar-refractivity contribution in [3.05, 3.63) is 23.2 Å². The number of methoxy groups -OCH3 is 1. The molecule has 0 aliphatic carbocycles. The molecule has 0 bridgehead atoms. The van der Waals surface area contributed by atoms with Gasteiger partial charge in [-0.25, -0.2) is 0 Å². The van der Waals surface area contributed by atoms with Gasteiger partial charge in [0.2, 0.25) is 0 Å². The van der Waals surface area contributed by atoms with Crippen LogP contribution in [-0.2, 0) is 14.3 Å². The largest absolute Gasteiger partial charge is 0.487 e. The zero-order chi connectivity index (χ0) is 20.3. The number of hydrogen-bond acceptors (Lipinski definition) is 4. The maximum Gasteiger partial charge on any atom is 0.256 e. The molecule has 1 rings (SSSR count). The minimum absolute atomic E-state index is 0.114. The first-order valence-electron chi connectivity index (χ1n) is 9.76. The van der Waals surface area contributed by atoms with E-state index in [9.17, 15) is 4.79 Å². The SMILES string of the molecule is CCCCC[C@](C)(OCCC)C(=O)Nc1ccc(O[C@@H](C)COC)c(Cl)c1. The Hall–Kier alpha value is -1.30. The van der Waals surface area contributed by atoms with E-state index in [0.717, 1.165) is 25.7 Å². The average molecular weight is 400 g/mol. The number of hydrogen-bond donors (Lipinski definition) is 1. The van der Waals surface area contributed by atoms with Crippen molar-refractivity contribution in [3.8, 4) is 5.75 Å². The van der Waals surface area contributed by atoms with E-state index in [-0.39, 0.29) is 12.0 Å². The van der Waals surface area contributed by atoms with Gasteiger partial charge in [-0.05, 0) is 44.9 Å². The van der Waals surface area contributed by atoms with Crippen LogP contribution in [0.25, 0.3) is 0 Å². The molecule has 2 atom stereocenters. The highest BCUT2D eigenvalue weighted by Crippen LogP contribution is 2.30. The number of benzene rings is 1. The quantitative estimate of drug-likeness (QED) is 0.447. The lowest BCUT2D eigenvalue weighted by Gasteiger charge is -2.29. The maximum absolute atomic E-state index is 12.9. The molecule has 0 radical (unpaired) electrons. The summed E-state index contributed by atoms with van der Waals surface area (Å²) in [5, 5.41) is 3.38. The van der Waals surface area contributed by atoms with Crippen LogP contribution in [0.5, 0.6) is 5.75 Å². The number of carbonyl (C=O) groups excluding carboxylic acids is 1. The monoisotopic (exact) mass is 399 g/mol. The van der Waals surface area contributed by atoms with E-state index in [2.05, 4.69) is 12.2 Å². The fourth-order valence-electron chi connectivity index (χ4n) is 2.71. The predicted octanol–water partition coefficient (Wildman–Crippen LogP) is 5.46. The standard InChI is InChI=1S/C21H34ClNO4/c1-6-8-9-12-21(4,26-13-7-2)20(24)23-17-10-11-19(18(22)14-17)27-16(3)15-25-5/h10-11,14,16H,6-9,12-13,15H2,1-5H3,(H,23,24)/t16-,21-/m0/s1. The Kier molecular flexibility index (Phi) is 10.7. The summed E-state index contributed by atoms with van der Waals surface area (Å²) in [7, 11) is 1.62. The summed E-state index contributed by atoms with van der Waals surface area (Å²) in [6, 6.07) is 5.23. The van der Waals surface area contributed by atoms with Gasteiger partial charge >= 0.3 is 0 Å². The summed E-state index contributed by atoms with van der Waals surface area (Å²) in [5.41, 5.74) is -0.224. The summed E-state index contributed by atoms with van der Waals surface area (Å²) in [5.74, 6) is 0.414. The first-order valence-corrected chi connectivity index (χ1v) is 10.1. The van der Waals surface area contributed by atoms with Gasteiger partial charge in [-0.3, -0.25) is 4.79 Å². The van der Waals surface area contributed by atoms with E-state index in [1.54, 1.807) is 25.3 Å². The summed E-state index contributed by atoms with van der Waals surface area (Å²) in [6.45, 7) is 8.97. The topological polar surface area (TPSA) is 56.8 Å². The molecule has 0 saturated heterocycles. The van der Waals surface area contributed by atoms with E-state index >= 15 is 0 Å². The van der Waals surface area contributed by atoms with E-state index < -0.39 is 5.60 Å². The number of amides is 1. The van der Waals surface area contributed by atoms with Crippen LogP contribution in [-0.4, -0.2) is 37.9 Å². The number of carbonyl (C=O) groups is 1. The molecule has 0 saturated carbocycles. The number of nitrogens with one attached hydrogen (secondary N) is 1. The van der Waals surface area contributed by atoms with Crippen molar-refractivity contribution in [1.82, 2.24) is 0 Å². The predicted molar refractivity (Wildman–Crippen MR) is 111 cm³/mol. The second kappa shape index (κ2) is 12.2. The zero-order valence-corrected chi connectivity index (χ0v) is 18.0. The molecule has 6 heteroatoms. The van der Waals surface area contributed by atoms with Gasteiger partial charge in [-0.15, -0.1) is 0 Å². The Morgan fingerprint density at radius 2 is 2.00 bits per heavy atom. The third kappa shape index (κ3) is 8.08. The third-order valence-corrected chi connectivity index (χ3v) is 4.58. The van der Waals surface area contributed by atoms with Crippen LogP contribution >= 0.6 is 11.6 Å². The molecule has 1 aromatic carbocycles. The molecular formula is C21H34ClNO4. The highest BCUT2D eigenvalue weighted by atomic mass is 35.5. The molecule has 0 fully saturated rings. The molecule has 154 valence electrons. The van der Waals surface area contributed by atoms with Gasteiger partial charge in [0.05, 0.1) is 11.6 Å². The van der Waals surface area contributed by atoms with Crippen LogP contribution in [0, 0.1) is 0 Å². The molecule has 1 aromatic rings. The van der Waals surface area contributed by atoms with Gasteiger partial charge < -0.3 is 19.5 Å². The molecule has 5 nitrogen and oxygen atoms in total. The van der Waals surface area contributed by atoms with Gasteiger partial charge in [0, 0.05) is 19.4 Å². The molecule has 1 amide bonds. The van der Waals surface area contributed by atoms with Crippen LogP contribution in [0.1, 0.15) is 59.8 Å². The molecule has 0 aliphatic heterocycles. The fourth-order valence-corrected chi connectivity index (χ4v) is 2.94. The Morgan fingerprint density at radius 3 is 2.59 bits per heavy atom. The van der Waals surface area contributed by atoms with E-state index in [1.807, 2.05) is 20.8 Å². The lowest BCUT2D eigenvalue weighted by Crippen LogP contribution is -2.43. The van der Waals surface area contributed by atoms with E-state index in [4.69, 9.17) is 25.8 Å². The molecule has 1 N–H and O–H groups in total. The first-order chi connectivity index (χ1) is 12.9. The molecule has 0 unspecified atom stereocenters. The second-order valence-corrected chi connectivity index (χ2v) is 7.43. The van der Waals surface area contributed by atoms with Gasteiger partial charge in [-0.1, -0.05) is 44.7 Å². The molecule has 0 heterocycles. The molecule has 0 aromatic heterocycles. The van der Waals surface area contributed by atoms with Crippen LogP contribution in [0.4, 0.5) is 5.69 Å². The van der Waals surface area contributed by atoms with E-state index in [0.29, 0.717) is 36.1 Å². The number of unbranched alkanes of at least 4 members (excludes halogenated alkanes) is 2. The molecular weight excluding hydrogens is 366 g/mol. The van der Waals surface area contributed by atoms with Crippen LogP contribution in [0.15, 0.2) is 18.2 Å². The van der Waals surface area contributed by atoms with Crippen molar-refractivity contribution in [1.29, 1.82) is 0 Å². The van der Waals surface area contributed by atoms with Crippen molar-refractivity contribution in [2.75, 3.05) is 25.6 Å². The summed E-state index contributed by atoms with van der Waals surface area (Å²) in [4.78, 5) is 12.9. The van der Waals surface area contributed by atoms with Gasteiger partial charge in [0.15, 0.2) is 0 Å². The maximum atomic E-state index is 12.9. The third-order valence-electron chi connectivity index (χ3n) is 4.28. The van der Waals surface area contributed by atoms with Crippen molar-refractivity contribution in [3.63, 3.8) is 0 Å². The van der Waals surface area contributed by atoms with Gasteiger partial charge in [0.25, 0.3) is 5.91 Å². The minimum atomic E-state index is -0.847. The first kappa shape index (κ1) is 23.7. The number of halogens is 1. The second-order valence-electron chi connectivity index (χ2n) is 7.02. The fraction of sp³-hybridized carbons (Fsp3) is 0.667. The highest BCUT2D eigenvalue weighted by molar-refractivity contribution is 6.32. The van der Waals surface area contributed by atoms with Crippen molar-refractivity contribution in [2.24, 2.45) is 0 Å². The highest BCUT2D eigenvalue weighted by Gasteiger charge is 2.33. The molecule has 0 spiro atoms. The van der Waals surface area contributed by atoms with Crippen molar-refractivity contribution < 1.29 is 19.0 Å². The number of ether oxygens (including phenoxy) is 3.